The van der Waals surface area contributed by atoms with Gasteiger partial charge in [-0.05, 0) is 29.8 Å². The number of methoxy groups -OCH3 is 3. The number of hydrogen-bond acceptors (Lipinski definition) is 5. The van der Waals surface area contributed by atoms with Crippen molar-refractivity contribution >= 4 is 5.78 Å². The van der Waals surface area contributed by atoms with Gasteiger partial charge in [0.1, 0.15) is 5.75 Å². The monoisotopic (exact) mass is 313 g/mol. The van der Waals surface area contributed by atoms with Gasteiger partial charge in [-0.15, -0.1) is 0 Å². The molecule has 5 nitrogen and oxygen atoms in total. The minimum absolute atomic E-state index is 0.0253. The van der Waals surface area contributed by atoms with Crippen molar-refractivity contribution in [3.63, 3.8) is 0 Å². The number of hydrogen-bond donors (Lipinski definition) is 1. The molecule has 0 fully saturated rings. The second-order valence-corrected chi connectivity index (χ2v) is 5.28. The second-order valence-electron chi connectivity index (χ2n) is 5.28. The van der Waals surface area contributed by atoms with E-state index in [-0.39, 0.29) is 11.8 Å². The third kappa shape index (κ3) is 2.64. The zero-order valence-electron chi connectivity index (χ0n) is 13.4. The highest BCUT2D eigenvalue weighted by Gasteiger charge is 2.31. The van der Waals surface area contributed by atoms with E-state index < -0.39 is 0 Å². The van der Waals surface area contributed by atoms with E-state index in [1.165, 1.54) is 0 Å². The van der Waals surface area contributed by atoms with Gasteiger partial charge in [-0.1, -0.05) is 12.1 Å². The minimum atomic E-state index is -0.369. The van der Waals surface area contributed by atoms with Gasteiger partial charge in [-0.2, -0.15) is 0 Å². The largest absolute Gasteiger partial charge is 0.497 e. The van der Waals surface area contributed by atoms with Crippen molar-refractivity contribution in [1.29, 1.82) is 0 Å². The predicted molar refractivity (Wildman–Crippen MR) is 86.5 cm³/mol. The lowest BCUT2D eigenvalue weighted by molar-refractivity contribution is 0.0929. The molecule has 0 radical (unpaired) electrons. The fraction of sp³-hybridized carbons (Fsp3) is 0.278. The average Bonchev–Trinajstić information content (AvgIpc) is 2.61. The molecule has 120 valence electrons. The van der Waals surface area contributed by atoms with E-state index in [1.807, 2.05) is 24.3 Å². The van der Waals surface area contributed by atoms with Crippen LogP contribution in [0.15, 0.2) is 36.4 Å². The summed E-state index contributed by atoms with van der Waals surface area (Å²) in [4.78, 5) is 12.8. The number of ether oxygens (including phenoxy) is 3. The van der Waals surface area contributed by atoms with Gasteiger partial charge in [-0.3, -0.25) is 10.1 Å². The summed E-state index contributed by atoms with van der Waals surface area (Å²) >= 11 is 0. The van der Waals surface area contributed by atoms with Crippen molar-refractivity contribution in [3.8, 4) is 17.2 Å². The van der Waals surface area contributed by atoms with Crippen LogP contribution in [0.2, 0.25) is 0 Å². The van der Waals surface area contributed by atoms with Gasteiger partial charge in [0.25, 0.3) is 0 Å². The third-order valence-corrected chi connectivity index (χ3v) is 4.11. The van der Waals surface area contributed by atoms with Gasteiger partial charge in [-0.25, -0.2) is 0 Å². The molecule has 1 aliphatic rings. The maximum absolute atomic E-state index is 12.8. The summed E-state index contributed by atoms with van der Waals surface area (Å²) in [5.74, 6) is 2.03. The van der Waals surface area contributed by atoms with Crippen LogP contribution in [-0.4, -0.2) is 27.1 Å². The van der Waals surface area contributed by atoms with Crippen LogP contribution in [0.3, 0.4) is 0 Å². The summed E-state index contributed by atoms with van der Waals surface area (Å²) in [6, 6.07) is 10.7. The Bertz CT molecular complexity index is 725. The Hall–Kier alpha value is -2.53. The molecule has 3 rings (SSSR count). The van der Waals surface area contributed by atoms with E-state index in [0.717, 1.165) is 16.9 Å². The molecule has 0 amide bonds. The molecular weight excluding hydrogens is 294 g/mol. The molecule has 2 aromatic carbocycles. The molecule has 1 unspecified atom stereocenters. The van der Waals surface area contributed by atoms with Crippen LogP contribution < -0.4 is 19.5 Å². The number of benzene rings is 2. The first-order valence-electron chi connectivity index (χ1n) is 7.35. The highest BCUT2D eigenvalue weighted by atomic mass is 16.5. The lowest BCUT2D eigenvalue weighted by Crippen LogP contribution is -2.34. The van der Waals surface area contributed by atoms with E-state index >= 15 is 0 Å². The summed E-state index contributed by atoms with van der Waals surface area (Å²) in [6.07, 6.45) is 0. The molecule has 2 aromatic rings. The third-order valence-electron chi connectivity index (χ3n) is 4.11. The first-order valence-corrected chi connectivity index (χ1v) is 7.35. The van der Waals surface area contributed by atoms with Gasteiger partial charge < -0.3 is 14.2 Å². The Morgan fingerprint density at radius 2 is 1.70 bits per heavy atom. The Balaban J connectivity index is 1.97. The van der Waals surface area contributed by atoms with E-state index in [1.54, 1.807) is 33.5 Å². The van der Waals surface area contributed by atoms with Crippen molar-refractivity contribution in [1.82, 2.24) is 5.32 Å². The number of ketones is 1. The number of fused-ring (bicyclic) bond motifs is 1. The Kier molecular flexibility index (Phi) is 4.21. The maximum Gasteiger partial charge on any atom is 0.184 e. The molecule has 0 aromatic heterocycles. The SMILES string of the molecule is COc1ccc(C2NCc3c(ccc(OC)c3OC)C2=O)cc1. The standard InChI is InChI=1S/C18H19NO4/c1-21-12-6-4-11(5-7-12)16-17(20)13-8-9-15(22-2)18(23-3)14(13)10-19-16/h4-9,16,19H,10H2,1-3H3. The Morgan fingerprint density at radius 3 is 2.30 bits per heavy atom. The van der Waals surface area contributed by atoms with E-state index in [4.69, 9.17) is 14.2 Å². The van der Waals surface area contributed by atoms with Gasteiger partial charge >= 0.3 is 0 Å². The summed E-state index contributed by atoms with van der Waals surface area (Å²) in [7, 11) is 4.79. The number of carbonyl (C=O) groups excluding carboxylic acids is 1. The average molecular weight is 313 g/mol. The number of nitrogens with one attached hydrogen (secondary N) is 1. The molecule has 0 saturated carbocycles. The van der Waals surface area contributed by atoms with Crippen LogP contribution in [0, 0.1) is 0 Å². The number of carbonyl (C=O) groups is 1. The molecule has 1 N–H and O–H groups in total. The van der Waals surface area contributed by atoms with Gasteiger partial charge in [0.15, 0.2) is 17.3 Å². The first kappa shape index (κ1) is 15.4. The quantitative estimate of drug-likeness (QED) is 0.940. The zero-order valence-corrected chi connectivity index (χ0v) is 13.4. The summed E-state index contributed by atoms with van der Waals surface area (Å²) in [5.41, 5.74) is 2.42. The van der Waals surface area contributed by atoms with Gasteiger partial charge in [0.2, 0.25) is 0 Å². The van der Waals surface area contributed by atoms with Crippen molar-refractivity contribution in [2.45, 2.75) is 12.6 Å². The molecule has 0 spiro atoms. The first-order chi connectivity index (χ1) is 11.2. The molecule has 0 saturated heterocycles. The Labute approximate surface area is 135 Å². The molecule has 1 atom stereocenters. The smallest absolute Gasteiger partial charge is 0.184 e. The van der Waals surface area contributed by atoms with E-state index in [2.05, 4.69) is 5.32 Å². The molecule has 23 heavy (non-hydrogen) atoms. The number of Topliss-reactive ketones (excluding diaryl/α,β-unsaturated/α-hetero) is 1. The van der Waals surface area contributed by atoms with E-state index in [9.17, 15) is 4.79 Å². The predicted octanol–water partition coefficient (Wildman–Crippen LogP) is 2.74. The molecule has 1 heterocycles. The molecule has 0 aliphatic carbocycles. The lowest BCUT2D eigenvalue weighted by Gasteiger charge is -2.27. The minimum Gasteiger partial charge on any atom is -0.497 e. The van der Waals surface area contributed by atoms with Crippen molar-refractivity contribution in [2.24, 2.45) is 0 Å². The van der Waals surface area contributed by atoms with Crippen LogP contribution in [0.1, 0.15) is 27.5 Å². The second kappa shape index (κ2) is 6.30. The fourth-order valence-electron chi connectivity index (χ4n) is 2.92. The topological polar surface area (TPSA) is 56.8 Å². The molecule has 5 heteroatoms. The van der Waals surface area contributed by atoms with Crippen LogP contribution >= 0.6 is 0 Å². The van der Waals surface area contributed by atoms with Crippen LogP contribution in [0.5, 0.6) is 17.2 Å². The van der Waals surface area contributed by atoms with Crippen LogP contribution in [0.4, 0.5) is 0 Å². The molecule has 1 aliphatic heterocycles. The highest BCUT2D eigenvalue weighted by Crippen LogP contribution is 2.37. The maximum atomic E-state index is 12.8. The number of rotatable bonds is 4. The normalized spacial score (nSPS) is 16.7. The zero-order chi connectivity index (χ0) is 16.4. The van der Waals surface area contributed by atoms with Crippen LogP contribution in [0.25, 0.3) is 0 Å². The van der Waals surface area contributed by atoms with Crippen molar-refractivity contribution in [2.75, 3.05) is 21.3 Å². The fourth-order valence-corrected chi connectivity index (χ4v) is 2.92. The summed E-state index contributed by atoms with van der Waals surface area (Å²) in [6.45, 7) is 0.540. The summed E-state index contributed by atoms with van der Waals surface area (Å²) in [5, 5.41) is 3.28. The van der Waals surface area contributed by atoms with Crippen molar-refractivity contribution < 1.29 is 19.0 Å². The molecular formula is C18H19NO4. The van der Waals surface area contributed by atoms with Gasteiger partial charge in [0.05, 0.1) is 27.4 Å². The van der Waals surface area contributed by atoms with E-state index in [0.29, 0.717) is 23.6 Å². The molecule has 0 bridgehead atoms. The summed E-state index contributed by atoms with van der Waals surface area (Å²) < 4.78 is 15.9. The van der Waals surface area contributed by atoms with Crippen molar-refractivity contribution in [3.05, 3.63) is 53.1 Å². The van der Waals surface area contributed by atoms with Crippen LogP contribution in [-0.2, 0) is 6.54 Å². The lowest BCUT2D eigenvalue weighted by atomic mass is 9.89. The Morgan fingerprint density at radius 1 is 0.957 bits per heavy atom. The highest BCUT2D eigenvalue weighted by molar-refractivity contribution is 6.03. The van der Waals surface area contributed by atoms with Gasteiger partial charge in [0, 0.05) is 17.7 Å².